The van der Waals surface area contributed by atoms with Crippen molar-refractivity contribution in [2.75, 3.05) is 24.7 Å². The number of carbonyl (C=O) groups is 1. The highest BCUT2D eigenvalue weighted by Crippen LogP contribution is 2.29. The number of carboxylic acids is 1. The van der Waals surface area contributed by atoms with Crippen molar-refractivity contribution in [3.05, 3.63) is 40.0 Å². The highest BCUT2D eigenvalue weighted by molar-refractivity contribution is 5.87. The number of morpholine rings is 1. The fraction of sp³-hybridized carbons (Fsp3) is 0.357. The van der Waals surface area contributed by atoms with Gasteiger partial charge in [-0.25, -0.2) is 4.79 Å². The normalized spacial score (nSPS) is 18.9. The summed E-state index contributed by atoms with van der Waals surface area (Å²) in [6.45, 7) is 3.79. The van der Waals surface area contributed by atoms with Gasteiger partial charge in [0.05, 0.1) is 18.1 Å². The predicted molar refractivity (Wildman–Crippen MR) is 77.4 cm³/mol. The highest BCUT2D eigenvalue weighted by atomic mass is 16.6. The van der Waals surface area contributed by atoms with Gasteiger partial charge in [0.25, 0.3) is 5.69 Å². The zero-order chi connectivity index (χ0) is 15.4. The summed E-state index contributed by atoms with van der Waals surface area (Å²) in [4.78, 5) is 23.1. The molecule has 1 heterocycles. The third kappa shape index (κ3) is 3.57. The first-order valence-electron chi connectivity index (χ1n) is 6.53. The third-order valence-electron chi connectivity index (χ3n) is 3.30. The minimum absolute atomic E-state index is 0.0651. The molecular formula is C14H16N2O5. The highest BCUT2D eigenvalue weighted by Gasteiger charge is 2.22. The number of benzene rings is 1. The lowest BCUT2D eigenvalue weighted by molar-refractivity contribution is -0.384. The van der Waals surface area contributed by atoms with E-state index in [4.69, 9.17) is 9.84 Å². The zero-order valence-corrected chi connectivity index (χ0v) is 11.6. The van der Waals surface area contributed by atoms with Crippen molar-refractivity contribution in [2.45, 2.75) is 13.0 Å². The van der Waals surface area contributed by atoms with Crippen LogP contribution in [0.2, 0.25) is 0 Å². The molecule has 0 aromatic heterocycles. The molecule has 21 heavy (non-hydrogen) atoms. The summed E-state index contributed by atoms with van der Waals surface area (Å²) >= 11 is 0. The van der Waals surface area contributed by atoms with Crippen LogP contribution in [0.25, 0.3) is 6.08 Å². The van der Waals surface area contributed by atoms with Gasteiger partial charge in [0, 0.05) is 42.0 Å². The Kier molecular flexibility index (Phi) is 4.54. The quantitative estimate of drug-likeness (QED) is 0.517. The Morgan fingerprint density at radius 3 is 2.95 bits per heavy atom. The number of anilines is 1. The molecule has 0 amide bonds. The van der Waals surface area contributed by atoms with Gasteiger partial charge >= 0.3 is 5.97 Å². The molecule has 0 aliphatic carbocycles. The molecule has 1 fully saturated rings. The molecule has 1 atom stereocenters. The third-order valence-corrected chi connectivity index (χ3v) is 3.30. The van der Waals surface area contributed by atoms with E-state index in [9.17, 15) is 14.9 Å². The van der Waals surface area contributed by atoms with Crippen LogP contribution in [0.1, 0.15) is 12.5 Å². The molecule has 0 spiro atoms. The van der Waals surface area contributed by atoms with Crippen molar-refractivity contribution in [3.63, 3.8) is 0 Å². The van der Waals surface area contributed by atoms with E-state index in [0.29, 0.717) is 25.3 Å². The van der Waals surface area contributed by atoms with Crippen molar-refractivity contribution < 1.29 is 19.6 Å². The first kappa shape index (κ1) is 15.0. The van der Waals surface area contributed by atoms with Gasteiger partial charge in [-0.2, -0.15) is 0 Å². The minimum atomic E-state index is -1.09. The molecule has 1 N–H and O–H groups in total. The van der Waals surface area contributed by atoms with Gasteiger partial charge in [0.15, 0.2) is 0 Å². The second kappa shape index (κ2) is 6.36. The van der Waals surface area contributed by atoms with E-state index in [2.05, 4.69) is 4.90 Å². The van der Waals surface area contributed by atoms with E-state index < -0.39 is 10.9 Å². The predicted octanol–water partition coefficient (Wildman–Crippen LogP) is 1.92. The van der Waals surface area contributed by atoms with Crippen LogP contribution in [-0.2, 0) is 9.53 Å². The van der Waals surface area contributed by atoms with E-state index in [0.717, 1.165) is 11.8 Å². The molecule has 1 saturated heterocycles. The van der Waals surface area contributed by atoms with E-state index in [1.165, 1.54) is 18.2 Å². The smallest absolute Gasteiger partial charge is 0.328 e. The SMILES string of the molecule is CC1COCCN1c1ccc([N+](=O)[O-])cc1/C=C/C(=O)O. The molecule has 1 aromatic rings. The molecule has 1 aliphatic rings. The molecule has 112 valence electrons. The maximum Gasteiger partial charge on any atom is 0.328 e. The van der Waals surface area contributed by atoms with Crippen LogP contribution in [0.4, 0.5) is 11.4 Å². The molecule has 7 heteroatoms. The lowest BCUT2D eigenvalue weighted by Gasteiger charge is -2.36. The van der Waals surface area contributed by atoms with E-state index in [1.807, 2.05) is 6.92 Å². The van der Waals surface area contributed by atoms with Crippen LogP contribution in [0, 0.1) is 10.1 Å². The Hall–Kier alpha value is -2.41. The summed E-state index contributed by atoms with van der Waals surface area (Å²) in [5.74, 6) is -1.09. The molecule has 1 aromatic carbocycles. The van der Waals surface area contributed by atoms with E-state index in [-0.39, 0.29) is 11.7 Å². The summed E-state index contributed by atoms with van der Waals surface area (Å²) in [6, 6.07) is 4.59. The standard InChI is InChI=1S/C14H16N2O5/c1-10-9-21-7-6-15(10)13-4-3-12(16(19)20)8-11(13)2-5-14(17)18/h2-5,8,10H,6-7,9H2,1H3,(H,17,18)/b5-2+. The lowest BCUT2D eigenvalue weighted by Crippen LogP contribution is -2.44. The lowest BCUT2D eigenvalue weighted by atomic mass is 10.1. The molecule has 1 aliphatic heterocycles. The number of nitrogens with zero attached hydrogens (tertiary/aromatic N) is 2. The Labute approximate surface area is 121 Å². The average molecular weight is 292 g/mol. The summed E-state index contributed by atoms with van der Waals surface area (Å²) < 4.78 is 5.37. The summed E-state index contributed by atoms with van der Waals surface area (Å²) in [5, 5.41) is 19.6. The van der Waals surface area contributed by atoms with Gasteiger partial charge in [0.1, 0.15) is 0 Å². The first-order valence-corrected chi connectivity index (χ1v) is 6.53. The Morgan fingerprint density at radius 2 is 2.33 bits per heavy atom. The first-order chi connectivity index (χ1) is 9.99. The van der Waals surface area contributed by atoms with Gasteiger partial charge in [0.2, 0.25) is 0 Å². The number of hydrogen-bond acceptors (Lipinski definition) is 5. The van der Waals surface area contributed by atoms with Crippen LogP contribution >= 0.6 is 0 Å². The molecule has 0 saturated carbocycles. The summed E-state index contributed by atoms with van der Waals surface area (Å²) in [6.07, 6.45) is 2.36. The second-order valence-electron chi connectivity index (χ2n) is 4.79. The van der Waals surface area contributed by atoms with Crippen LogP contribution in [0.5, 0.6) is 0 Å². The number of aliphatic carboxylic acids is 1. The number of non-ortho nitro benzene ring substituents is 1. The van der Waals surface area contributed by atoms with Gasteiger partial charge in [-0.05, 0) is 19.1 Å². The fourth-order valence-corrected chi connectivity index (χ4v) is 2.30. The average Bonchev–Trinajstić information content (AvgIpc) is 2.45. The Bertz CT molecular complexity index is 585. The number of carboxylic acid groups (broad SMARTS) is 1. The van der Waals surface area contributed by atoms with E-state index >= 15 is 0 Å². The number of rotatable bonds is 4. The van der Waals surface area contributed by atoms with Crippen molar-refractivity contribution in [3.8, 4) is 0 Å². The van der Waals surface area contributed by atoms with Gasteiger partial charge in [-0.15, -0.1) is 0 Å². The minimum Gasteiger partial charge on any atom is -0.478 e. The molecule has 0 radical (unpaired) electrons. The van der Waals surface area contributed by atoms with Crippen LogP contribution in [0.3, 0.4) is 0 Å². The summed E-state index contributed by atoms with van der Waals surface area (Å²) in [7, 11) is 0. The molecule has 7 nitrogen and oxygen atoms in total. The van der Waals surface area contributed by atoms with Crippen molar-refractivity contribution in [2.24, 2.45) is 0 Å². The largest absolute Gasteiger partial charge is 0.478 e. The Balaban J connectivity index is 2.43. The van der Waals surface area contributed by atoms with Crippen LogP contribution in [-0.4, -0.2) is 41.8 Å². The van der Waals surface area contributed by atoms with E-state index in [1.54, 1.807) is 6.07 Å². The van der Waals surface area contributed by atoms with Gasteiger partial charge in [-0.1, -0.05) is 0 Å². The van der Waals surface area contributed by atoms with Crippen LogP contribution < -0.4 is 4.90 Å². The number of hydrogen-bond donors (Lipinski definition) is 1. The summed E-state index contributed by atoms with van der Waals surface area (Å²) in [5.41, 5.74) is 1.22. The number of ether oxygens (including phenoxy) is 1. The van der Waals surface area contributed by atoms with Crippen molar-refractivity contribution >= 4 is 23.4 Å². The topological polar surface area (TPSA) is 92.9 Å². The van der Waals surface area contributed by atoms with Crippen molar-refractivity contribution in [1.29, 1.82) is 0 Å². The maximum absolute atomic E-state index is 10.9. The number of nitro groups is 1. The maximum atomic E-state index is 10.9. The Morgan fingerprint density at radius 1 is 1.57 bits per heavy atom. The number of nitro benzene ring substituents is 1. The molecule has 0 bridgehead atoms. The zero-order valence-electron chi connectivity index (χ0n) is 11.6. The van der Waals surface area contributed by atoms with Crippen molar-refractivity contribution in [1.82, 2.24) is 0 Å². The molecular weight excluding hydrogens is 276 g/mol. The fourth-order valence-electron chi connectivity index (χ4n) is 2.30. The second-order valence-corrected chi connectivity index (χ2v) is 4.79. The molecule has 2 rings (SSSR count). The molecule has 1 unspecified atom stereocenters. The van der Waals surface area contributed by atoms with Gasteiger partial charge in [-0.3, -0.25) is 10.1 Å². The van der Waals surface area contributed by atoms with Crippen LogP contribution in [0.15, 0.2) is 24.3 Å². The van der Waals surface area contributed by atoms with Gasteiger partial charge < -0.3 is 14.7 Å². The monoisotopic (exact) mass is 292 g/mol.